The molecule has 1 aliphatic rings. The van der Waals surface area contributed by atoms with Crippen LogP contribution in [0, 0.1) is 6.08 Å². The van der Waals surface area contributed by atoms with Gasteiger partial charge in [-0.1, -0.05) is 13.1 Å². The van der Waals surface area contributed by atoms with E-state index in [1.807, 2.05) is 0 Å². The molecule has 3 atom stereocenters. The van der Waals surface area contributed by atoms with Gasteiger partial charge in [0.1, 0.15) is 17.9 Å². The molecule has 8 heteroatoms. The fourth-order valence-electron chi connectivity index (χ4n) is 2.01. The molecule has 1 aromatic rings. The number of ether oxygens (including phenoxy) is 1. The monoisotopic (exact) mass is 356 g/mol. The summed E-state index contributed by atoms with van der Waals surface area (Å²) in [5.74, 6) is 0. The second-order valence-corrected chi connectivity index (χ2v) is 4.26. The number of H-pyrrole nitrogens is 1. The number of aliphatic hydroxyl groups excluding tert-OH is 2. The summed E-state index contributed by atoms with van der Waals surface area (Å²) in [5, 5.41) is 18.7. The zero-order valence-electron chi connectivity index (χ0n) is 10.9. The maximum absolute atomic E-state index is 11.7. The molecule has 1 aromatic heterocycles. The molecule has 1 aliphatic heterocycles. The number of hydrogen-bond donors (Lipinski definition) is 3. The number of rotatable bonds is 3. The SMILES string of the molecule is CC=[C-]c1cn([C@H]2C[C@@H](O)[C@@H](CO)O2)c(=O)[nH]c1=O.[Y]. The molecule has 0 aromatic carbocycles. The van der Waals surface area contributed by atoms with Gasteiger partial charge in [-0.05, 0) is 0 Å². The number of nitrogens with one attached hydrogen (secondary N) is 1. The van der Waals surface area contributed by atoms with Crippen LogP contribution in [0.25, 0.3) is 0 Å². The quantitative estimate of drug-likeness (QED) is 0.597. The zero-order valence-corrected chi connectivity index (χ0v) is 13.8. The van der Waals surface area contributed by atoms with Gasteiger partial charge in [-0.2, -0.15) is 6.08 Å². The maximum atomic E-state index is 11.7. The molecule has 107 valence electrons. The normalized spacial score (nSPS) is 25.9. The summed E-state index contributed by atoms with van der Waals surface area (Å²) in [7, 11) is 0. The van der Waals surface area contributed by atoms with Crippen molar-refractivity contribution in [3.05, 3.63) is 44.8 Å². The second-order valence-electron chi connectivity index (χ2n) is 4.26. The van der Waals surface area contributed by atoms with Gasteiger partial charge in [0, 0.05) is 39.1 Å². The third kappa shape index (κ3) is 3.53. The van der Waals surface area contributed by atoms with Crippen molar-refractivity contribution in [1.29, 1.82) is 0 Å². The average Bonchev–Trinajstić information content (AvgIpc) is 2.74. The van der Waals surface area contributed by atoms with Gasteiger partial charge in [0.05, 0.1) is 12.7 Å². The first-order valence-corrected chi connectivity index (χ1v) is 5.91. The number of nitrogens with zero attached hydrogens (tertiary/aromatic N) is 1. The molecule has 3 N–H and O–H groups in total. The van der Waals surface area contributed by atoms with E-state index in [1.165, 1.54) is 10.8 Å². The van der Waals surface area contributed by atoms with Crippen molar-refractivity contribution in [2.75, 3.05) is 6.61 Å². The van der Waals surface area contributed by atoms with Crippen LogP contribution in [0.5, 0.6) is 0 Å². The molecule has 0 aliphatic carbocycles. The Morgan fingerprint density at radius 2 is 2.30 bits per heavy atom. The molecular formula is C12H15N2O5Y-. The predicted molar refractivity (Wildman–Crippen MR) is 65.5 cm³/mol. The molecule has 0 bridgehead atoms. The number of hydrogen-bond acceptors (Lipinski definition) is 5. The third-order valence-electron chi connectivity index (χ3n) is 2.96. The minimum atomic E-state index is -0.844. The van der Waals surface area contributed by atoms with E-state index in [2.05, 4.69) is 11.1 Å². The Bertz CT molecular complexity index is 594. The molecule has 0 spiro atoms. The molecule has 2 rings (SSSR count). The molecule has 1 fully saturated rings. The minimum Gasteiger partial charge on any atom is -0.394 e. The van der Waals surface area contributed by atoms with Gasteiger partial charge in [-0.25, -0.2) is 4.79 Å². The first kappa shape index (κ1) is 17.5. The fourth-order valence-corrected chi connectivity index (χ4v) is 2.01. The summed E-state index contributed by atoms with van der Waals surface area (Å²) in [6, 6.07) is 0. The van der Waals surface area contributed by atoms with Crippen LogP contribution in [0.15, 0.2) is 21.9 Å². The number of aromatic amines is 1. The van der Waals surface area contributed by atoms with Crippen LogP contribution in [0.3, 0.4) is 0 Å². The summed E-state index contributed by atoms with van der Waals surface area (Å²) in [4.78, 5) is 25.4. The molecule has 0 unspecified atom stereocenters. The Balaban J connectivity index is 0.00000200. The van der Waals surface area contributed by atoms with Gasteiger partial charge in [0.25, 0.3) is 0 Å². The van der Waals surface area contributed by atoms with Crippen molar-refractivity contribution >= 4 is 0 Å². The summed E-state index contributed by atoms with van der Waals surface area (Å²) < 4.78 is 6.55. The number of allylic oxidation sites excluding steroid dienone is 1. The molecule has 0 saturated carbocycles. The van der Waals surface area contributed by atoms with Crippen molar-refractivity contribution in [2.24, 2.45) is 0 Å². The molecule has 7 nitrogen and oxygen atoms in total. The molecule has 1 radical (unpaired) electrons. The van der Waals surface area contributed by atoms with E-state index in [9.17, 15) is 14.7 Å². The van der Waals surface area contributed by atoms with Gasteiger partial charge in [-0.15, -0.1) is 11.6 Å². The summed E-state index contributed by atoms with van der Waals surface area (Å²) in [6.07, 6.45) is 3.49. The van der Waals surface area contributed by atoms with E-state index in [1.54, 1.807) is 13.0 Å². The van der Waals surface area contributed by atoms with Gasteiger partial charge < -0.3 is 29.3 Å². The first-order chi connectivity index (χ1) is 9.06. The van der Waals surface area contributed by atoms with Crippen LogP contribution >= 0.6 is 0 Å². The molecule has 0 amide bonds. The Morgan fingerprint density at radius 1 is 1.60 bits per heavy atom. The Hall–Kier alpha value is -0.596. The van der Waals surface area contributed by atoms with E-state index in [0.717, 1.165) is 0 Å². The van der Waals surface area contributed by atoms with Gasteiger partial charge >= 0.3 is 5.69 Å². The predicted octanol–water partition coefficient (Wildman–Crippen LogP) is -1.10. The van der Waals surface area contributed by atoms with E-state index >= 15 is 0 Å². The van der Waals surface area contributed by atoms with E-state index in [-0.39, 0.29) is 51.3 Å². The molecule has 20 heavy (non-hydrogen) atoms. The summed E-state index contributed by atoms with van der Waals surface area (Å²) in [6.45, 7) is 1.37. The van der Waals surface area contributed by atoms with Crippen molar-refractivity contribution in [3.8, 4) is 0 Å². The fraction of sp³-hybridized carbons (Fsp3) is 0.500. The van der Waals surface area contributed by atoms with Crippen molar-refractivity contribution in [1.82, 2.24) is 9.55 Å². The summed E-state index contributed by atoms with van der Waals surface area (Å²) >= 11 is 0. The van der Waals surface area contributed by atoms with E-state index < -0.39 is 29.7 Å². The van der Waals surface area contributed by atoms with Crippen LogP contribution in [0.2, 0.25) is 0 Å². The standard InChI is InChI=1S/C12H15N2O5.Y/c1-2-3-7-5-14(12(18)13-11(7)17)10-4-8(16)9(6-15)19-10;/h2,5,8-10,15-16H,4,6H2,1H3,(H,13,17,18);/q-1;/t8-,9-,10-;/m1./s1. The Labute approximate surface area is 140 Å². The van der Waals surface area contributed by atoms with Crippen LogP contribution in [0.4, 0.5) is 0 Å². The van der Waals surface area contributed by atoms with Gasteiger partial charge in [-0.3, -0.25) is 0 Å². The third-order valence-corrected chi connectivity index (χ3v) is 2.96. The second kappa shape index (κ2) is 7.42. The topological polar surface area (TPSA) is 105 Å². The number of aliphatic hydroxyl groups is 2. The Kier molecular flexibility index (Phi) is 6.48. The molecule has 2 heterocycles. The van der Waals surface area contributed by atoms with Gasteiger partial charge in [0.15, 0.2) is 0 Å². The van der Waals surface area contributed by atoms with Crippen LogP contribution in [0.1, 0.15) is 25.1 Å². The molecule has 1 saturated heterocycles. The van der Waals surface area contributed by atoms with Crippen molar-refractivity contribution < 1.29 is 47.7 Å². The van der Waals surface area contributed by atoms with Crippen LogP contribution in [-0.2, 0) is 37.4 Å². The zero-order chi connectivity index (χ0) is 14.0. The van der Waals surface area contributed by atoms with Crippen LogP contribution in [-0.4, -0.2) is 38.6 Å². The average molecular weight is 356 g/mol. The summed E-state index contributed by atoms with van der Waals surface area (Å²) in [5.41, 5.74) is -0.952. The maximum Gasteiger partial charge on any atom is 0.308 e. The minimum absolute atomic E-state index is 0. The molecular weight excluding hydrogens is 341 g/mol. The largest absolute Gasteiger partial charge is 0.394 e. The first-order valence-electron chi connectivity index (χ1n) is 5.91. The van der Waals surface area contributed by atoms with Gasteiger partial charge in [0.2, 0.25) is 0 Å². The smallest absolute Gasteiger partial charge is 0.308 e. The number of aromatic nitrogens is 2. The van der Waals surface area contributed by atoms with E-state index in [4.69, 9.17) is 9.84 Å². The van der Waals surface area contributed by atoms with Crippen molar-refractivity contribution in [3.63, 3.8) is 0 Å². The Morgan fingerprint density at radius 3 is 2.85 bits per heavy atom. The van der Waals surface area contributed by atoms with Crippen molar-refractivity contribution in [2.45, 2.75) is 31.8 Å². The van der Waals surface area contributed by atoms with Crippen LogP contribution < -0.4 is 11.2 Å². The van der Waals surface area contributed by atoms with E-state index in [0.29, 0.717) is 0 Å².